The maximum Gasteiger partial charge on any atom is 0.241 e. The van der Waals surface area contributed by atoms with Gasteiger partial charge < -0.3 is 9.88 Å². The lowest BCUT2D eigenvalue weighted by molar-refractivity contribution is -0.140. The van der Waals surface area contributed by atoms with E-state index in [0.29, 0.717) is 6.42 Å². The van der Waals surface area contributed by atoms with Crippen LogP contribution in [0.15, 0.2) is 36.4 Å². The van der Waals surface area contributed by atoms with Crippen molar-refractivity contribution in [3.8, 4) is 5.00 Å². The molecule has 1 fully saturated rings. The second-order valence-electron chi connectivity index (χ2n) is 10.1. The number of benzene rings is 2. The van der Waals surface area contributed by atoms with Crippen molar-refractivity contribution in [3.63, 3.8) is 0 Å². The molecule has 7 heteroatoms. The van der Waals surface area contributed by atoms with Gasteiger partial charge in [0, 0.05) is 34.5 Å². The first-order chi connectivity index (χ1) is 16.1. The van der Waals surface area contributed by atoms with Crippen LogP contribution in [-0.4, -0.2) is 33.4 Å². The van der Waals surface area contributed by atoms with Crippen molar-refractivity contribution >= 4 is 62.3 Å². The van der Waals surface area contributed by atoms with E-state index in [1.54, 1.807) is 18.4 Å². The van der Waals surface area contributed by atoms with E-state index in [2.05, 4.69) is 74.0 Å². The van der Waals surface area contributed by atoms with Crippen molar-refractivity contribution in [2.75, 3.05) is 7.05 Å². The van der Waals surface area contributed by atoms with Crippen molar-refractivity contribution in [1.29, 1.82) is 0 Å². The quantitative estimate of drug-likeness (QED) is 0.315. The summed E-state index contributed by atoms with van der Waals surface area (Å²) in [5.74, 6) is -1.34. The molecule has 1 saturated heterocycles. The third-order valence-corrected chi connectivity index (χ3v) is 8.88. The molecule has 2 aromatic carbocycles. The Balaban J connectivity index is 1.57. The van der Waals surface area contributed by atoms with E-state index in [-0.39, 0.29) is 22.3 Å². The molecule has 0 radical (unpaired) electrons. The number of carbonyl (C=O) groups is 2. The van der Waals surface area contributed by atoms with Gasteiger partial charge in [0.2, 0.25) is 11.8 Å². The minimum Gasteiger partial charge on any atom is -0.302 e. The standard InChI is InChI=1S/C27H25N3O2S2/c1-13-6-7-21-16(8-13)17-9-14(2)10-19-22(17)30(21)25-20(27(19,3)4)12-15(34-25)11-18-23(31)28-26(33)29(5)24(18)32/h6-10,12,18H,11H2,1-5H3,(H,28,31,33). The number of aryl methyl sites for hydroxylation is 2. The van der Waals surface area contributed by atoms with Gasteiger partial charge in [0.25, 0.3) is 0 Å². The summed E-state index contributed by atoms with van der Waals surface area (Å²) in [6, 6.07) is 13.4. The third kappa shape index (κ3) is 2.80. The zero-order valence-electron chi connectivity index (χ0n) is 19.8. The van der Waals surface area contributed by atoms with Crippen LogP contribution in [0.5, 0.6) is 0 Å². The molecule has 0 bridgehead atoms. The number of nitrogens with zero attached hydrogens (tertiary/aromatic N) is 2. The fourth-order valence-electron chi connectivity index (χ4n) is 5.49. The Bertz CT molecular complexity index is 1590. The topological polar surface area (TPSA) is 54.3 Å². The minimum atomic E-state index is -0.770. The Kier molecular flexibility index (Phi) is 4.42. The molecule has 0 spiro atoms. The van der Waals surface area contributed by atoms with Gasteiger partial charge in [0.1, 0.15) is 10.9 Å². The highest BCUT2D eigenvalue weighted by Gasteiger charge is 2.40. The lowest BCUT2D eigenvalue weighted by Gasteiger charge is -2.32. The van der Waals surface area contributed by atoms with E-state index in [1.165, 1.54) is 54.0 Å². The average Bonchev–Trinajstić information content (AvgIpc) is 3.33. The number of thiocarbonyl (C=S) groups is 1. The van der Waals surface area contributed by atoms with Crippen molar-refractivity contribution in [3.05, 3.63) is 63.5 Å². The van der Waals surface area contributed by atoms with Crippen LogP contribution in [0.4, 0.5) is 0 Å². The molecule has 0 aliphatic carbocycles. The summed E-state index contributed by atoms with van der Waals surface area (Å²) in [7, 11) is 1.61. The number of aromatic nitrogens is 1. The highest BCUT2D eigenvalue weighted by molar-refractivity contribution is 7.80. The summed E-state index contributed by atoms with van der Waals surface area (Å²) in [4.78, 5) is 27.8. The van der Waals surface area contributed by atoms with Crippen LogP contribution in [0.1, 0.15) is 41.0 Å². The van der Waals surface area contributed by atoms with Crippen LogP contribution in [0.2, 0.25) is 0 Å². The number of hydrogen-bond acceptors (Lipinski definition) is 4. The molecule has 1 N–H and O–H groups in total. The van der Waals surface area contributed by atoms with Gasteiger partial charge in [-0.2, -0.15) is 0 Å². The van der Waals surface area contributed by atoms with E-state index in [1.807, 2.05) is 0 Å². The molecule has 2 amide bonds. The maximum atomic E-state index is 12.8. The molecule has 172 valence electrons. The third-order valence-electron chi connectivity index (χ3n) is 7.36. The zero-order valence-corrected chi connectivity index (χ0v) is 21.4. The van der Waals surface area contributed by atoms with Crippen molar-refractivity contribution in [2.45, 2.75) is 39.5 Å². The number of thiophene rings is 1. The van der Waals surface area contributed by atoms with Gasteiger partial charge in [-0.05, 0) is 61.5 Å². The fraction of sp³-hybridized carbons (Fsp3) is 0.296. The van der Waals surface area contributed by atoms with Crippen LogP contribution < -0.4 is 5.32 Å². The molecular weight excluding hydrogens is 462 g/mol. The van der Waals surface area contributed by atoms with Crippen LogP contribution >= 0.6 is 23.6 Å². The first-order valence-electron chi connectivity index (χ1n) is 11.4. The summed E-state index contributed by atoms with van der Waals surface area (Å²) in [5.41, 5.74) is 7.28. The van der Waals surface area contributed by atoms with Crippen LogP contribution in [0.25, 0.3) is 26.8 Å². The zero-order chi connectivity index (χ0) is 24.1. The summed E-state index contributed by atoms with van der Waals surface area (Å²) in [5, 5.41) is 6.54. The number of nitrogens with one attached hydrogen (secondary N) is 1. The second-order valence-corrected chi connectivity index (χ2v) is 11.6. The highest BCUT2D eigenvalue weighted by Crippen LogP contribution is 2.50. The van der Waals surface area contributed by atoms with Gasteiger partial charge in [0.05, 0.1) is 11.0 Å². The Morgan fingerprint density at radius 3 is 2.53 bits per heavy atom. The molecule has 2 aliphatic rings. The van der Waals surface area contributed by atoms with Crippen molar-refractivity contribution in [2.24, 2.45) is 5.92 Å². The SMILES string of the molecule is Cc1ccc2c(c1)c1cc(C)cc3c1n2-c1sc(CC2C(=O)NC(=S)N(C)C2=O)cc1C3(C)C. The second kappa shape index (κ2) is 6.99. The Hall–Kier alpha value is -3.03. The molecule has 1 unspecified atom stereocenters. The highest BCUT2D eigenvalue weighted by atomic mass is 32.1. The van der Waals surface area contributed by atoms with Crippen molar-refractivity contribution in [1.82, 2.24) is 14.8 Å². The lowest BCUT2D eigenvalue weighted by atomic mass is 9.75. The maximum absolute atomic E-state index is 12.8. The smallest absolute Gasteiger partial charge is 0.241 e. The molecule has 4 heterocycles. The summed E-state index contributed by atoms with van der Waals surface area (Å²) in [6.45, 7) is 8.83. The molecule has 6 rings (SSSR count). The molecule has 2 aromatic heterocycles. The molecule has 2 aliphatic heterocycles. The predicted molar refractivity (Wildman–Crippen MR) is 141 cm³/mol. The molecule has 34 heavy (non-hydrogen) atoms. The van der Waals surface area contributed by atoms with E-state index < -0.39 is 5.92 Å². The van der Waals surface area contributed by atoms with Crippen LogP contribution in [0.3, 0.4) is 0 Å². The average molecular weight is 488 g/mol. The Morgan fingerprint density at radius 2 is 1.76 bits per heavy atom. The Labute approximate surface area is 207 Å². The number of fused-ring (bicyclic) bond motifs is 5. The van der Waals surface area contributed by atoms with Crippen LogP contribution in [-0.2, 0) is 21.4 Å². The van der Waals surface area contributed by atoms with E-state index >= 15 is 0 Å². The Morgan fingerprint density at radius 1 is 1.03 bits per heavy atom. The normalized spacial score (nSPS) is 19.1. The van der Waals surface area contributed by atoms with Crippen molar-refractivity contribution < 1.29 is 9.59 Å². The molecule has 5 nitrogen and oxygen atoms in total. The van der Waals surface area contributed by atoms with Gasteiger partial charge >= 0.3 is 0 Å². The van der Waals surface area contributed by atoms with E-state index in [4.69, 9.17) is 12.2 Å². The van der Waals surface area contributed by atoms with Gasteiger partial charge in [-0.1, -0.05) is 37.1 Å². The number of amides is 2. The minimum absolute atomic E-state index is 0.167. The first kappa shape index (κ1) is 21.5. The van der Waals surface area contributed by atoms with E-state index in [0.717, 1.165) is 4.88 Å². The number of hydrogen-bond donors (Lipinski definition) is 1. The van der Waals surface area contributed by atoms with Gasteiger partial charge in [0.15, 0.2) is 5.11 Å². The summed E-state index contributed by atoms with van der Waals surface area (Å²) < 4.78 is 2.39. The fourth-order valence-corrected chi connectivity index (χ4v) is 7.06. The summed E-state index contributed by atoms with van der Waals surface area (Å²) in [6.07, 6.45) is 0.363. The van der Waals surface area contributed by atoms with Crippen LogP contribution in [0, 0.1) is 19.8 Å². The predicted octanol–water partition coefficient (Wildman–Crippen LogP) is 5.13. The number of carbonyl (C=O) groups excluding carboxylic acids is 2. The van der Waals surface area contributed by atoms with E-state index in [9.17, 15) is 9.59 Å². The number of rotatable bonds is 2. The largest absolute Gasteiger partial charge is 0.302 e. The molecular formula is C27H25N3O2S2. The monoisotopic (exact) mass is 487 g/mol. The van der Waals surface area contributed by atoms with Gasteiger partial charge in [-0.15, -0.1) is 11.3 Å². The van der Waals surface area contributed by atoms with Gasteiger partial charge in [-0.25, -0.2) is 0 Å². The molecule has 0 saturated carbocycles. The molecule has 4 aromatic rings. The van der Waals surface area contributed by atoms with Gasteiger partial charge in [-0.3, -0.25) is 14.5 Å². The first-order valence-corrected chi connectivity index (χ1v) is 12.6. The molecule has 1 atom stereocenters. The lowest BCUT2D eigenvalue weighted by Crippen LogP contribution is -2.56. The summed E-state index contributed by atoms with van der Waals surface area (Å²) >= 11 is 6.79.